The highest BCUT2D eigenvalue weighted by Gasteiger charge is 2.22. The van der Waals surface area contributed by atoms with E-state index in [0.717, 1.165) is 11.8 Å². The van der Waals surface area contributed by atoms with Gasteiger partial charge in [-0.2, -0.15) is 0 Å². The normalized spacial score (nSPS) is 29.1. The number of aromatic nitrogens is 2. The van der Waals surface area contributed by atoms with Gasteiger partial charge in [-0.05, 0) is 18.8 Å². The van der Waals surface area contributed by atoms with Crippen LogP contribution in [0.15, 0.2) is 12.4 Å². The molecule has 1 aliphatic rings. The molecular formula is C11H18N2. The summed E-state index contributed by atoms with van der Waals surface area (Å²) in [6.07, 6.45) is 9.35. The molecule has 1 aliphatic carbocycles. The van der Waals surface area contributed by atoms with Crippen molar-refractivity contribution >= 4 is 0 Å². The van der Waals surface area contributed by atoms with Gasteiger partial charge in [0.05, 0.1) is 0 Å². The van der Waals surface area contributed by atoms with Crippen LogP contribution in [0.5, 0.6) is 0 Å². The molecule has 0 amide bonds. The predicted octanol–water partition coefficient (Wildman–Crippen LogP) is 2.71. The molecule has 0 unspecified atom stereocenters. The zero-order valence-corrected chi connectivity index (χ0v) is 8.53. The zero-order valence-electron chi connectivity index (χ0n) is 8.53. The number of rotatable bonds is 1. The summed E-state index contributed by atoms with van der Waals surface area (Å²) in [5, 5.41) is 0. The molecule has 2 heteroatoms. The van der Waals surface area contributed by atoms with Crippen LogP contribution >= 0.6 is 0 Å². The minimum absolute atomic E-state index is 0.719. The van der Waals surface area contributed by atoms with Crippen molar-refractivity contribution in [1.29, 1.82) is 0 Å². The molecule has 0 atom stereocenters. The summed E-state index contributed by atoms with van der Waals surface area (Å²) in [6, 6.07) is 0. The van der Waals surface area contributed by atoms with Crippen molar-refractivity contribution in [3.8, 4) is 0 Å². The first-order chi connectivity index (χ1) is 6.27. The molecule has 1 heterocycles. The highest BCUT2D eigenvalue weighted by molar-refractivity contribution is 5.01. The Balaban J connectivity index is 2.06. The highest BCUT2D eigenvalue weighted by Crippen LogP contribution is 2.34. The third kappa shape index (κ3) is 1.77. The maximum absolute atomic E-state index is 4.43. The molecule has 0 radical (unpaired) electrons. The van der Waals surface area contributed by atoms with Crippen LogP contribution in [0.2, 0.25) is 0 Å². The van der Waals surface area contributed by atoms with Crippen molar-refractivity contribution in [3.63, 3.8) is 0 Å². The number of hydrogen-bond acceptors (Lipinski definition) is 1. The van der Waals surface area contributed by atoms with Gasteiger partial charge in [0, 0.05) is 25.4 Å². The van der Waals surface area contributed by atoms with Crippen LogP contribution < -0.4 is 0 Å². The van der Waals surface area contributed by atoms with Gasteiger partial charge in [0.15, 0.2) is 0 Å². The molecule has 0 aliphatic heterocycles. The van der Waals surface area contributed by atoms with Gasteiger partial charge in [-0.1, -0.05) is 19.8 Å². The average molecular weight is 178 g/mol. The SMILES string of the molecule is CC1CCC(c2nccn2C)CC1. The first-order valence-electron chi connectivity index (χ1n) is 5.24. The Morgan fingerprint density at radius 2 is 2.00 bits per heavy atom. The fourth-order valence-electron chi connectivity index (χ4n) is 2.29. The van der Waals surface area contributed by atoms with Gasteiger partial charge in [-0.25, -0.2) is 4.98 Å². The van der Waals surface area contributed by atoms with E-state index in [-0.39, 0.29) is 0 Å². The summed E-state index contributed by atoms with van der Waals surface area (Å²) in [4.78, 5) is 4.43. The van der Waals surface area contributed by atoms with Crippen molar-refractivity contribution in [2.24, 2.45) is 13.0 Å². The third-order valence-corrected chi connectivity index (χ3v) is 3.24. The van der Waals surface area contributed by atoms with Crippen molar-refractivity contribution < 1.29 is 0 Å². The first-order valence-corrected chi connectivity index (χ1v) is 5.24. The number of imidazole rings is 1. The second-order valence-corrected chi connectivity index (χ2v) is 4.35. The lowest BCUT2D eigenvalue weighted by atomic mass is 9.82. The smallest absolute Gasteiger partial charge is 0.111 e. The Bertz CT molecular complexity index is 269. The van der Waals surface area contributed by atoms with Crippen LogP contribution in [0.25, 0.3) is 0 Å². The summed E-state index contributed by atoms with van der Waals surface area (Å²) >= 11 is 0. The number of aryl methyl sites for hydroxylation is 1. The lowest BCUT2D eigenvalue weighted by Gasteiger charge is -2.25. The summed E-state index contributed by atoms with van der Waals surface area (Å²) in [5.41, 5.74) is 0. The summed E-state index contributed by atoms with van der Waals surface area (Å²) in [5.74, 6) is 2.93. The van der Waals surface area contributed by atoms with Crippen LogP contribution in [-0.4, -0.2) is 9.55 Å². The van der Waals surface area contributed by atoms with E-state index in [2.05, 4.69) is 23.5 Å². The van der Waals surface area contributed by atoms with Crippen molar-refractivity contribution in [2.45, 2.75) is 38.5 Å². The minimum Gasteiger partial charge on any atom is -0.338 e. The maximum Gasteiger partial charge on any atom is 0.111 e. The van der Waals surface area contributed by atoms with E-state index in [1.165, 1.54) is 31.5 Å². The molecule has 13 heavy (non-hydrogen) atoms. The van der Waals surface area contributed by atoms with Gasteiger partial charge in [-0.15, -0.1) is 0 Å². The molecule has 72 valence electrons. The monoisotopic (exact) mass is 178 g/mol. The predicted molar refractivity (Wildman–Crippen MR) is 53.6 cm³/mol. The van der Waals surface area contributed by atoms with Gasteiger partial charge in [0.1, 0.15) is 5.82 Å². The van der Waals surface area contributed by atoms with Crippen molar-refractivity contribution in [3.05, 3.63) is 18.2 Å². The molecule has 1 fully saturated rings. The molecule has 0 bridgehead atoms. The summed E-state index contributed by atoms with van der Waals surface area (Å²) in [7, 11) is 2.10. The van der Waals surface area contributed by atoms with Crippen LogP contribution in [-0.2, 0) is 7.05 Å². The van der Waals surface area contributed by atoms with E-state index < -0.39 is 0 Å². The molecule has 2 nitrogen and oxygen atoms in total. The second kappa shape index (κ2) is 3.52. The van der Waals surface area contributed by atoms with Gasteiger partial charge >= 0.3 is 0 Å². The van der Waals surface area contributed by atoms with E-state index in [9.17, 15) is 0 Å². The van der Waals surface area contributed by atoms with Crippen LogP contribution in [0.4, 0.5) is 0 Å². The van der Waals surface area contributed by atoms with Crippen molar-refractivity contribution in [1.82, 2.24) is 9.55 Å². The molecule has 1 aromatic heterocycles. The van der Waals surface area contributed by atoms with Gasteiger partial charge in [0.2, 0.25) is 0 Å². The van der Waals surface area contributed by atoms with Gasteiger partial charge in [0.25, 0.3) is 0 Å². The van der Waals surface area contributed by atoms with E-state index in [4.69, 9.17) is 0 Å². The van der Waals surface area contributed by atoms with E-state index in [1.54, 1.807) is 0 Å². The lowest BCUT2D eigenvalue weighted by Crippen LogP contribution is -2.14. The topological polar surface area (TPSA) is 17.8 Å². The Morgan fingerprint density at radius 1 is 1.31 bits per heavy atom. The molecule has 0 N–H and O–H groups in total. The fraction of sp³-hybridized carbons (Fsp3) is 0.727. The molecule has 2 rings (SSSR count). The lowest BCUT2D eigenvalue weighted by molar-refractivity contribution is 0.336. The van der Waals surface area contributed by atoms with Crippen LogP contribution in [0, 0.1) is 5.92 Å². The summed E-state index contributed by atoms with van der Waals surface area (Å²) < 4.78 is 2.17. The molecule has 1 aromatic rings. The van der Waals surface area contributed by atoms with E-state index in [0.29, 0.717) is 0 Å². The summed E-state index contributed by atoms with van der Waals surface area (Å²) in [6.45, 7) is 2.36. The van der Waals surface area contributed by atoms with Crippen LogP contribution in [0.3, 0.4) is 0 Å². The number of nitrogens with zero attached hydrogens (tertiary/aromatic N) is 2. The number of hydrogen-bond donors (Lipinski definition) is 0. The van der Waals surface area contributed by atoms with Crippen molar-refractivity contribution in [2.75, 3.05) is 0 Å². The first kappa shape index (κ1) is 8.79. The van der Waals surface area contributed by atoms with Crippen LogP contribution in [0.1, 0.15) is 44.3 Å². The second-order valence-electron chi connectivity index (χ2n) is 4.35. The molecule has 0 spiro atoms. The van der Waals surface area contributed by atoms with E-state index >= 15 is 0 Å². The van der Waals surface area contributed by atoms with Gasteiger partial charge < -0.3 is 4.57 Å². The largest absolute Gasteiger partial charge is 0.338 e. The molecule has 0 aromatic carbocycles. The minimum atomic E-state index is 0.719. The Kier molecular flexibility index (Phi) is 2.38. The fourth-order valence-corrected chi connectivity index (χ4v) is 2.29. The molecule has 0 saturated heterocycles. The van der Waals surface area contributed by atoms with E-state index in [1.807, 2.05) is 12.4 Å². The quantitative estimate of drug-likeness (QED) is 0.646. The third-order valence-electron chi connectivity index (χ3n) is 3.24. The maximum atomic E-state index is 4.43. The Hall–Kier alpha value is -0.790. The average Bonchev–Trinajstić information content (AvgIpc) is 2.53. The highest BCUT2D eigenvalue weighted by atomic mass is 15.0. The standard InChI is InChI=1S/C11H18N2/c1-9-3-5-10(6-4-9)11-12-7-8-13(11)2/h7-10H,3-6H2,1-2H3. The zero-order chi connectivity index (χ0) is 9.26. The Labute approximate surface area is 80.0 Å². The Morgan fingerprint density at radius 3 is 2.54 bits per heavy atom. The molecule has 1 saturated carbocycles. The van der Waals surface area contributed by atoms with Gasteiger partial charge in [-0.3, -0.25) is 0 Å². The molecular weight excluding hydrogens is 160 g/mol.